The van der Waals surface area contributed by atoms with Gasteiger partial charge in [0.1, 0.15) is 11.6 Å². The molecule has 0 saturated heterocycles. The summed E-state index contributed by atoms with van der Waals surface area (Å²) in [6.07, 6.45) is 1.49. The van der Waals surface area contributed by atoms with Gasteiger partial charge in [-0.2, -0.15) is 0 Å². The lowest BCUT2D eigenvalue weighted by atomic mass is 10.1. The molecule has 4 heteroatoms. The first kappa shape index (κ1) is 9.86. The molecule has 78 valence electrons. The van der Waals surface area contributed by atoms with E-state index in [-0.39, 0.29) is 12.4 Å². The van der Waals surface area contributed by atoms with Crippen LogP contribution in [0, 0.1) is 12.7 Å². The molecule has 0 atom stereocenters. The molecule has 0 unspecified atom stereocenters. The van der Waals surface area contributed by atoms with Crippen LogP contribution in [0.4, 0.5) is 4.39 Å². The zero-order chi connectivity index (χ0) is 10.8. The van der Waals surface area contributed by atoms with Gasteiger partial charge in [-0.1, -0.05) is 6.07 Å². The molecule has 0 aliphatic heterocycles. The number of hydrogen-bond acceptors (Lipinski definition) is 2. The Hall–Kier alpha value is -1.68. The van der Waals surface area contributed by atoms with Gasteiger partial charge in [0.15, 0.2) is 0 Å². The Kier molecular flexibility index (Phi) is 2.51. The van der Waals surface area contributed by atoms with Gasteiger partial charge in [0.05, 0.1) is 24.1 Å². The van der Waals surface area contributed by atoms with Crippen molar-refractivity contribution in [3.8, 4) is 11.4 Å². The van der Waals surface area contributed by atoms with E-state index in [9.17, 15) is 4.39 Å². The molecule has 2 rings (SSSR count). The van der Waals surface area contributed by atoms with Gasteiger partial charge in [0, 0.05) is 0 Å². The number of rotatable bonds is 2. The first-order chi connectivity index (χ1) is 7.20. The molecule has 0 spiro atoms. The normalized spacial score (nSPS) is 10.6. The van der Waals surface area contributed by atoms with E-state index in [0.717, 1.165) is 5.56 Å². The molecule has 1 heterocycles. The second-order valence-corrected chi connectivity index (χ2v) is 3.40. The van der Waals surface area contributed by atoms with Crippen molar-refractivity contribution in [3.05, 3.63) is 41.5 Å². The fourth-order valence-electron chi connectivity index (χ4n) is 1.39. The molecule has 0 bridgehead atoms. The van der Waals surface area contributed by atoms with Crippen LogP contribution < -0.4 is 0 Å². The predicted molar refractivity (Wildman–Crippen MR) is 54.6 cm³/mol. The number of imidazole rings is 1. The van der Waals surface area contributed by atoms with Crippen LogP contribution in [0.25, 0.3) is 11.4 Å². The second kappa shape index (κ2) is 3.82. The minimum atomic E-state index is -0.311. The van der Waals surface area contributed by atoms with Crippen LogP contribution in [-0.2, 0) is 6.61 Å². The number of aromatic amines is 1. The highest BCUT2D eigenvalue weighted by atomic mass is 19.1. The zero-order valence-corrected chi connectivity index (χ0v) is 8.29. The molecule has 1 aromatic carbocycles. The third-order valence-corrected chi connectivity index (χ3v) is 2.18. The lowest BCUT2D eigenvalue weighted by Crippen LogP contribution is -1.88. The topological polar surface area (TPSA) is 48.9 Å². The molecule has 3 nitrogen and oxygen atoms in total. The first-order valence-corrected chi connectivity index (χ1v) is 4.62. The minimum Gasteiger partial charge on any atom is -0.390 e. The quantitative estimate of drug-likeness (QED) is 0.789. The Morgan fingerprint density at radius 3 is 2.87 bits per heavy atom. The van der Waals surface area contributed by atoms with Crippen LogP contribution >= 0.6 is 0 Å². The highest BCUT2D eigenvalue weighted by molar-refractivity contribution is 5.56. The lowest BCUT2D eigenvalue weighted by Gasteiger charge is -2.00. The van der Waals surface area contributed by atoms with Crippen molar-refractivity contribution in [2.75, 3.05) is 0 Å². The number of aryl methyl sites for hydroxylation is 1. The van der Waals surface area contributed by atoms with Gasteiger partial charge in [-0.15, -0.1) is 0 Å². The molecule has 2 aromatic rings. The Balaban J connectivity index is 2.44. The Morgan fingerprint density at radius 1 is 1.47 bits per heavy atom. The largest absolute Gasteiger partial charge is 0.390 e. The summed E-state index contributed by atoms with van der Waals surface area (Å²) in [5, 5.41) is 8.85. The van der Waals surface area contributed by atoms with Crippen molar-refractivity contribution in [1.82, 2.24) is 9.97 Å². The smallest absolute Gasteiger partial charge is 0.140 e. The van der Waals surface area contributed by atoms with Crippen molar-refractivity contribution in [2.45, 2.75) is 13.5 Å². The summed E-state index contributed by atoms with van der Waals surface area (Å²) in [5.41, 5.74) is 1.86. The van der Waals surface area contributed by atoms with Gasteiger partial charge in [-0.05, 0) is 24.6 Å². The molecule has 0 fully saturated rings. The third-order valence-electron chi connectivity index (χ3n) is 2.18. The molecule has 0 radical (unpaired) electrons. The van der Waals surface area contributed by atoms with E-state index in [0.29, 0.717) is 17.1 Å². The molecule has 15 heavy (non-hydrogen) atoms. The van der Waals surface area contributed by atoms with E-state index < -0.39 is 0 Å². The number of aliphatic hydroxyl groups excluding tert-OH is 1. The van der Waals surface area contributed by atoms with Crippen LogP contribution in [0.15, 0.2) is 24.4 Å². The van der Waals surface area contributed by atoms with Crippen LogP contribution in [0.3, 0.4) is 0 Å². The summed E-state index contributed by atoms with van der Waals surface area (Å²) < 4.78 is 13.5. The molecule has 2 N–H and O–H groups in total. The maximum absolute atomic E-state index is 13.5. The standard InChI is InChI=1S/C11H11FN2O/c1-7-2-3-9(10(12)4-7)11-13-5-8(6-15)14-11/h2-5,15H,6H2,1H3,(H,13,14). The number of aromatic nitrogens is 2. The molecular weight excluding hydrogens is 195 g/mol. The number of hydrogen-bond donors (Lipinski definition) is 2. The summed E-state index contributed by atoms with van der Waals surface area (Å²) in [6, 6.07) is 4.95. The van der Waals surface area contributed by atoms with Crippen LogP contribution in [0.5, 0.6) is 0 Å². The van der Waals surface area contributed by atoms with Crippen molar-refractivity contribution in [1.29, 1.82) is 0 Å². The molecular formula is C11H11FN2O. The average molecular weight is 206 g/mol. The monoisotopic (exact) mass is 206 g/mol. The Bertz CT molecular complexity index is 479. The van der Waals surface area contributed by atoms with Gasteiger partial charge < -0.3 is 10.1 Å². The summed E-state index contributed by atoms with van der Waals surface area (Å²) in [6.45, 7) is 1.70. The molecule has 1 aromatic heterocycles. The van der Waals surface area contributed by atoms with Gasteiger partial charge >= 0.3 is 0 Å². The summed E-state index contributed by atoms with van der Waals surface area (Å²) in [5.74, 6) is 0.130. The highest BCUT2D eigenvalue weighted by Gasteiger charge is 2.08. The maximum atomic E-state index is 13.5. The summed E-state index contributed by atoms with van der Waals surface area (Å²) in [7, 11) is 0. The first-order valence-electron chi connectivity index (χ1n) is 4.62. The van der Waals surface area contributed by atoms with Crippen LogP contribution in [0.1, 0.15) is 11.3 Å². The van der Waals surface area contributed by atoms with Gasteiger partial charge in [-0.3, -0.25) is 0 Å². The number of halogens is 1. The maximum Gasteiger partial charge on any atom is 0.140 e. The second-order valence-electron chi connectivity index (χ2n) is 3.40. The van der Waals surface area contributed by atoms with E-state index in [2.05, 4.69) is 9.97 Å². The SMILES string of the molecule is Cc1ccc(-c2ncc(CO)[nH]2)c(F)c1. The van der Waals surface area contributed by atoms with E-state index in [1.807, 2.05) is 13.0 Å². The van der Waals surface area contributed by atoms with Crippen molar-refractivity contribution in [2.24, 2.45) is 0 Å². The van der Waals surface area contributed by atoms with E-state index in [1.54, 1.807) is 6.07 Å². The van der Waals surface area contributed by atoms with Gasteiger partial charge in [-0.25, -0.2) is 9.37 Å². The summed E-state index contributed by atoms with van der Waals surface area (Å²) in [4.78, 5) is 6.83. The molecule has 0 aliphatic rings. The van der Waals surface area contributed by atoms with Crippen molar-refractivity contribution in [3.63, 3.8) is 0 Å². The highest BCUT2D eigenvalue weighted by Crippen LogP contribution is 2.20. The van der Waals surface area contributed by atoms with Gasteiger partial charge in [0.25, 0.3) is 0 Å². The Morgan fingerprint density at radius 2 is 2.27 bits per heavy atom. The number of nitrogens with zero attached hydrogens (tertiary/aromatic N) is 1. The van der Waals surface area contributed by atoms with Crippen LogP contribution in [0.2, 0.25) is 0 Å². The molecule has 0 aliphatic carbocycles. The molecule has 0 amide bonds. The number of nitrogens with one attached hydrogen (secondary N) is 1. The van der Waals surface area contributed by atoms with Crippen molar-refractivity contribution < 1.29 is 9.50 Å². The van der Waals surface area contributed by atoms with Crippen molar-refractivity contribution >= 4 is 0 Å². The third kappa shape index (κ3) is 1.89. The number of H-pyrrole nitrogens is 1. The van der Waals surface area contributed by atoms with E-state index in [1.165, 1.54) is 12.3 Å². The fourth-order valence-corrected chi connectivity index (χ4v) is 1.39. The van der Waals surface area contributed by atoms with Gasteiger partial charge in [0.2, 0.25) is 0 Å². The van der Waals surface area contributed by atoms with Crippen LogP contribution in [-0.4, -0.2) is 15.1 Å². The number of aliphatic hydroxyl groups is 1. The molecule has 0 saturated carbocycles. The number of benzene rings is 1. The Labute approximate surface area is 86.6 Å². The predicted octanol–water partition coefficient (Wildman–Crippen LogP) is 2.02. The average Bonchev–Trinajstić information content (AvgIpc) is 2.66. The van der Waals surface area contributed by atoms with E-state index in [4.69, 9.17) is 5.11 Å². The van der Waals surface area contributed by atoms with E-state index >= 15 is 0 Å². The lowest BCUT2D eigenvalue weighted by molar-refractivity contribution is 0.277. The fraction of sp³-hybridized carbons (Fsp3) is 0.182. The summed E-state index contributed by atoms with van der Waals surface area (Å²) >= 11 is 0. The zero-order valence-electron chi connectivity index (χ0n) is 8.29. The minimum absolute atomic E-state index is 0.125.